The Balaban J connectivity index is 2.07. The average molecular weight is 304 g/mol. The number of halogens is 1. The van der Waals surface area contributed by atoms with Crippen molar-refractivity contribution in [1.82, 2.24) is 9.97 Å². The molecule has 0 aliphatic carbocycles. The number of rotatable bonds is 3. The second-order valence-electron chi connectivity index (χ2n) is 4.69. The summed E-state index contributed by atoms with van der Waals surface area (Å²) in [4.78, 5) is 8.78. The van der Waals surface area contributed by atoms with Gasteiger partial charge in [0.2, 0.25) is 0 Å². The molecular weight excluding hydrogens is 290 g/mol. The predicted molar refractivity (Wildman–Crippen MR) is 85.6 cm³/mol. The van der Waals surface area contributed by atoms with E-state index in [1.54, 1.807) is 17.5 Å². The second kappa shape index (κ2) is 5.38. The quantitative estimate of drug-likeness (QED) is 0.753. The molecule has 0 aliphatic rings. The van der Waals surface area contributed by atoms with Crippen LogP contribution in [-0.2, 0) is 0 Å². The van der Waals surface area contributed by atoms with Crippen molar-refractivity contribution in [3.63, 3.8) is 0 Å². The first-order valence-corrected chi connectivity index (χ1v) is 7.62. The molecule has 1 atom stereocenters. The molecular formula is C15H14ClN3S. The normalized spacial score (nSPS) is 12.6. The number of pyridine rings is 1. The van der Waals surface area contributed by atoms with E-state index in [0.29, 0.717) is 5.02 Å². The van der Waals surface area contributed by atoms with Crippen LogP contribution in [0, 0.1) is 6.92 Å². The van der Waals surface area contributed by atoms with Gasteiger partial charge in [-0.2, -0.15) is 0 Å². The lowest BCUT2D eigenvalue weighted by atomic mass is 10.1. The van der Waals surface area contributed by atoms with Crippen LogP contribution in [0.2, 0.25) is 5.02 Å². The first-order valence-electron chi connectivity index (χ1n) is 6.36. The smallest absolute Gasteiger partial charge is 0.115 e. The summed E-state index contributed by atoms with van der Waals surface area (Å²) in [5.41, 5.74) is 2.98. The molecule has 0 amide bonds. The maximum atomic E-state index is 6.41. The van der Waals surface area contributed by atoms with Gasteiger partial charge in [-0.15, -0.1) is 11.3 Å². The minimum Gasteiger partial charge on any atom is -0.374 e. The summed E-state index contributed by atoms with van der Waals surface area (Å²) in [5, 5.41) is 8.23. The Kier molecular flexibility index (Phi) is 3.59. The Hall–Kier alpha value is -1.65. The molecule has 1 N–H and O–H groups in total. The Morgan fingerprint density at radius 2 is 2.15 bits per heavy atom. The van der Waals surface area contributed by atoms with Crippen LogP contribution in [0.15, 0.2) is 36.0 Å². The van der Waals surface area contributed by atoms with E-state index >= 15 is 0 Å². The lowest BCUT2D eigenvalue weighted by molar-refractivity contribution is 0.871. The third kappa shape index (κ3) is 2.37. The number of hydrogen-bond acceptors (Lipinski definition) is 4. The summed E-state index contributed by atoms with van der Waals surface area (Å²) in [6.45, 7) is 4.10. The van der Waals surface area contributed by atoms with E-state index in [1.807, 2.05) is 36.7 Å². The van der Waals surface area contributed by atoms with Gasteiger partial charge in [0.15, 0.2) is 0 Å². The first-order chi connectivity index (χ1) is 9.66. The van der Waals surface area contributed by atoms with Crippen molar-refractivity contribution < 1.29 is 0 Å². The highest BCUT2D eigenvalue weighted by molar-refractivity contribution is 7.09. The SMILES string of the molecule is Cc1cc(Cl)c(NC(C)c2nccs2)c2cccnc12. The number of aryl methyl sites for hydroxylation is 1. The van der Waals surface area contributed by atoms with Gasteiger partial charge in [0.1, 0.15) is 5.01 Å². The van der Waals surface area contributed by atoms with E-state index in [-0.39, 0.29) is 6.04 Å². The first kappa shape index (κ1) is 13.3. The van der Waals surface area contributed by atoms with Crippen molar-refractivity contribution in [3.05, 3.63) is 51.6 Å². The molecule has 0 saturated heterocycles. The highest BCUT2D eigenvalue weighted by Crippen LogP contribution is 2.35. The van der Waals surface area contributed by atoms with Crippen LogP contribution < -0.4 is 5.32 Å². The largest absolute Gasteiger partial charge is 0.374 e. The summed E-state index contributed by atoms with van der Waals surface area (Å²) < 4.78 is 0. The van der Waals surface area contributed by atoms with Gasteiger partial charge < -0.3 is 5.32 Å². The topological polar surface area (TPSA) is 37.8 Å². The van der Waals surface area contributed by atoms with E-state index < -0.39 is 0 Å². The molecule has 5 heteroatoms. The third-order valence-corrected chi connectivity index (χ3v) is 4.47. The van der Waals surface area contributed by atoms with Crippen LogP contribution in [-0.4, -0.2) is 9.97 Å². The van der Waals surface area contributed by atoms with Gasteiger partial charge in [-0.05, 0) is 37.6 Å². The Bertz CT molecular complexity index is 740. The molecule has 3 nitrogen and oxygen atoms in total. The highest BCUT2D eigenvalue weighted by Gasteiger charge is 2.14. The zero-order valence-electron chi connectivity index (χ0n) is 11.2. The molecule has 20 heavy (non-hydrogen) atoms. The van der Waals surface area contributed by atoms with E-state index in [1.165, 1.54) is 0 Å². The fourth-order valence-corrected chi connectivity index (χ4v) is 3.22. The number of aromatic nitrogens is 2. The molecule has 102 valence electrons. The van der Waals surface area contributed by atoms with Gasteiger partial charge in [0.05, 0.1) is 22.3 Å². The molecule has 1 aromatic carbocycles. The lowest BCUT2D eigenvalue weighted by Gasteiger charge is -2.17. The minimum atomic E-state index is 0.110. The zero-order valence-corrected chi connectivity index (χ0v) is 12.8. The zero-order chi connectivity index (χ0) is 14.1. The third-order valence-electron chi connectivity index (χ3n) is 3.22. The molecule has 0 spiro atoms. The summed E-state index contributed by atoms with van der Waals surface area (Å²) in [6, 6.07) is 6.03. The minimum absolute atomic E-state index is 0.110. The summed E-state index contributed by atoms with van der Waals surface area (Å²) >= 11 is 8.04. The molecule has 0 fully saturated rings. The lowest BCUT2D eigenvalue weighted by Crippen LogP contribution is -2.07. The summed E-state index contributed by atoms with van der Waals surface area (Å²) in [6.07, 6.45) is 3.62. The molecule has 3 aromatic rings. The van der Waals surface area contributed by atoms with Crippen molar-refractivity contribution in [2.24, 2.45) is 0 Å². The molecule has 1 unspecified atom stereocenters. The Morgan fingerprint density at radius 1 is 1.30 bits per heavy atom. The van der Waals surface area contributed by atoms with Crippen molar-refractivity contribution in [1.29, 1.82) is 0 Å². The van der Waals surface area contributed by atoms with Crippen molar-refractivity contribution in [2.75, 3.05) is 5.32 Å². The van der Waals surface area contributed by atoms with Crippen LogP contribution in [0.25, 0.3) is 10.9 Å². The van der Waals surface area contributed by atoms with E-state index in [4.69, 9.17) is 11.6 Å². The van der Waals surface area contributed by atoms with Crippen molar-refractivity contribution >= 4 is 39.5 Å². The van der Waals surface area contributed by atoms with Crippen LogP contribution in [0.5, 0.6) is 0 Å². The number of hydrogen-bond donors (Lipinski definition) is 1. The summed E-state index contributed by atoms with van der Waals surface area (Å²) in [7, 11) is 0. The molecule has 0 bridgehead atoms. The van der Waals surface area contributed by atoms with Crippen LogP contribution in [0.1, 0.15) is 23.5 Å². The van der Waals surface area contributed by atoms with Gasteiger partial charge in [0, 0.05) is 23.2 Å². The van der Waals surface area contributed by atoms with Gasteiger partial charge >= 0.3 is 0 Å². The highest BCUT2D eigenvalue weighted by atomic mass is 35.5. The number of fused-ring (bicyclic) bond motifs is 1. The van der Waals surface area contributed by atoms with Crippen molar-refractivity contribution in [3.8, 4) is 0 Å². The van der Waals surface area contributed by atoms with Crippen LogP contribution in [0.4, 0.5) is 5.69 Å². The summed E-state index contributed by atoms with van der Waals surface area (Å²) in [5.74, 6) is 0. The fourth-order valence-electron chi connectivity index (χ4n) is 2.25. The van der Waals surface area contributed by atoms with E-state index in [0.717, 1.165) is 27.2 Å². The Labute approximate surface area is 126 Å². The molecule has 2 aromatic heterocycles. The molecule has 0 radical (unpaired) electrons. The standard InChI is InChI=1S/C15H14ClN3S/c1-9-8-12(16)14(11-4-3-5-17-13(9)11)19-10(2)15-18-6-7-20-15/h3-8,10,19H,1-2H3. The average Bonchev–Trinajstić information content (AvgIpc) is 2.97. The maximum Gasteiger partial charge on any atom is 0.115 e. The van der Waals surface area contributed by atoms with Gasteiger partial charge in [0.25, 0.3) is 0 Å². The van der Waals surface area contributed by atoms with Gasteiger partial charge in [-0.3, -0.25) is 4.98 Å². The number of anilines is 1. The molecule has 3 rings (SSSR count). The number of thiazole rings is 1. The Morgan fingerprint density at radius 3 is 2.90 bits per heavy atom. The maximum absolute atomic E-state index is 6.41. The molecule has 0 saturated carbocycles. The fraction of sp³-hybridized carbons (Fsp3) is 0.200. The van der Waals surface area contributed by atoms with Crippen molar-refractivity contribution in [2.45, 2.75) is 19.9 Å². The van der Waals surface area contributed by atoms with E-state index in [9.17, 15) is 0 Å². The van der Waals surface area contributed by atoms with Crippen LogP contribution in [0.3, 0.4) is 0 Å². The number of benzene rings is 1. The van der Waals surface area contributed by atoms with Crippen LogP contribution >= 0.6 is 22.9 Å². The monoisotopic (exact) mass is 303 g/mol. The number of nitrogens with zero attached hydrogens (tertiary/aromatic N) is 2. The predicted octanol–water partition coefficient (Wildman–Crippen LogP) is 4.83. The molecule has 0 aliphatic heterocycles. The molecule has 2 heterocycles. The van der Waals surface area contributed by atoms with Gasteiger partial charge in [-0.1, -0.05) is 11.6 Å². The number of nitrogens with one attached hydrogen (secondary N) is 1. The van der Waals surface area contributed by atoms with E-state index in [2.05, 4.69) is 22.2 Å². The van der Waals surface area contributed by atoms with Gasteiger partial charge in [-0.25, -0.2) is 4.98 Å². The second-order valence-corrected chi connectivity index (χ2v) is 6.02.